The maximum absolute atomic E-state index is 13.3. The number of fused-ring (bicyclic) bond motifs is 3. The first-order valence-corrected chi connectivity index (χ1v) is 10.1. The van der Waals surface area contributed by atoms with Crippen LogP contribution in [-0.2, 0) is 12.8 Å². The molecule has 4 aliphatic rings. The van der Waals surface area contributed by atoms with E-state index in [9.17, 15) is 4.39 Å². The molecule has 3 fully saturated rings. The first kappa shape index (κ1) is 15.8. The second kappa shape index (κ2) is 5.86. The molecule has 2 aromatic heterocycles. The predicted molar refractivity (Wildman–Crippen MR) is 102 cm³/mol. The lowest BCUT2D eigenvalue weighted by Crippen LogP contribution is -2.50. The number of nitrogens with zero attached hydrogens (tertiary/aromatic N) is 4. The summed E-state index contributed by atoms with van der Waals surface area (Å²) in [6.07, 6.45) is 8.82. The smallest absolute Gasteiger partial charge is 0.123 e. The van der Waals surface area contributed by atoms with Gasteiger partial charge in [-0.3, -0.25) is 4.98 Å². The minimum atomic E-state index is -0.221. The van der Waals surface area contributed by atoms with Gasteiger partial charge in [0.1, 0.15) is 5.82 Å². The summed E-state index contributed by atoms with van der Waals surface area (Å²) >= 11 is 0. The molecule has 1 unspecified atom stereocenters. The van der Waals surface area contributed by atoms with Crippen LogP contribution in [0.2, 0.25) is 0 Å². The van der Waals surface area contributed by atoms with Crippen molar-refractivity contribution >= 4 is 10.9 Å². The van der Waals surface area contributed by atoms with E-state index in [4.69, 9.17) is 5.10 Å². The second-order valence-corrected chi connectivity index (χ2v) is 8.50. The molecule has 4 nitrogen and oxygen atoms in total. The van der Waals surface area contributed by atoms with Crippen LogP contribution in [0.1, 0.15) is 24.1 Å². The lowest BCUT2D eigenvalue weighted by Gasteiger charge is -2.48. The van der Waals surface area contributed by atoms with Gasteiger partial charge in [0.2, 0.25) is 0 Å². The van der Waals surface area contributed by atoms with Crippen molar-refractivity contribution in [1.29, 1.82) is 0 Å². The molecule has 5 heterocycles. The fourth-order valence-corrected chi connectivity index (χ4v) is 5.74. The van der Waals surface area contributed by atoms with Gasteiger partial charge >= 0.3 is 0 Å². The van der Waals surface area contributed by atoms with Gasteiger partial charge in [0.25, 0.3) is 0 Å². The van der Waals surface area contributed by atoms with Crippen LogP contribution in [0.4, 0.5) is 4.39 Å². The van der Waals surface area contributed by atoms with Gasteiger partial charge in [-0.2, -0.15) is 5.10 Å². The molecule has 27 heavy (non-hydrogen) atoms. The van der Waals surface area contributed by atoms with E-state index in [1.54, 1.807) is 12.1 Å². The molecule has 2 atom stereocenters. The zero-order chi connectivity index (χ0) is 18.0. The molecule has 3 aliphatic heterocycles. The normalized spacial score (nSPS) is 29.4. The highest BCUT2D eigenvalue weighted by atomic mass is 19.1. The Balaban J connectivity index is 1.41. The minimum Gasteiger partial charge on any atom is -0.303 e. The maximum atomic E-state index is 13.3. The molecule has 3 saturated heterocycles. The van der Waals surface area contributed by atoms with Crippen molar-refractivity contribution in [2.45, 2.75) is 25.7 Å². The highest BCUT2D eigenvalue weighted by Crippen LogP contribution is 2.42. The van der Waals surface area contributed by atoms with Crippen LogP contribution in [0.15, 0.2) is 36.7 Å². The molecule has 5 heteroatoms. The first-order chi connectivity index (χ1) is 13.3. The van der Waals surface area contributed by atoms with Gasteiger partial charge in [0.05, 0.1) is 23.1 Å². The highest BCUT2D eigenvalue weighted by Gasteiger charge is 2.40. The topological polar surface area (TPSA) is 34.0 Å². The van der Waals surface area contributed by atoms with Crippen molar-refractivity contribution in [3.63, 3.8) is 0 Å². The van der Waals surface area contributed by atoms with Crippen LogP contribution in [0.5, 0.6) is 0 Å². The molecular weight excluding hydrogens is 339 g/mol. The Hall–Kier alpha value is -2.27. The Morgan fingerprint density at radius 3 is 2.52 bits per heavy atom. The Morgan fingerprint density at radius 2 is 1.78 bits per heavy atom. The summed E-state index contributed by atoms with van der Waals surface area (Å²) in [5.41, 5.74) is 4.47. The Kier molecular flexibility index (Phi) is 3.42. The van der Waals surface area contributed by atoms with E-state index in [2.05, 4.69) is 9.88 Å². The van der Waals surface area contributed by atoms with Crippen LogP contribution >= 0.6 is 0 Å². The van der Waals surface area contributed by atoms with Gasteiger partial charge in [-0.25, -0.2) is 9.07 Å². The van der Waals surface area contributed by atoms with E-state index in [0.717, 1.165) is 35.9 Å². The highest BCUT2D eigenvalue weighted by molar-refractivity contribution is 5.86. The summed E-state index contributed by atoms with van der Waals surface area (Å²) < 4.78 is 15.3. The molecule has 7 rings (SSSR count). The lowest BCUT2D eigenvalue weighted by atomic mass is 9.68. The molecular formula is C22H23FN4. The zero-order valence-electron chi connectivity index (χ0n) is 15.3. The van der Waals surface area contributed by atoms with Crippen LogP contribution in [-0.4, -0.2) is 39.3 Å². The van der Waals surface area contributed by atoms with Crippen molar-refractivity contribution in [3.05, 3.63) is 53.7 Å². The lowest BCUT2D eigenvalue weighted by molar-refractivity contribution is 0.0185. The zero-order valence-corrected chi connectivity index (χ0v) is 15.3. The number of piperidine rings is 3. The fraction of sp³-hybridized carbons (Fsp3) is 0.455. The summed E-state index contributed by atoms with van der Waals surface area (Å²) in [4.78, 5) is 7.17. The molecule has 1 aromatic carbocycles. The van der Waals surface area contributed by atoms with E-state index < -0.39 is 0 Å². The van der Waals surface area contributed by atoms with Crippen LogP contribution < -0.4 is 0 Å². The number of hydrogen-bond donors (Lipinski definition) is 0. The average molecular weight is 362 g/mol. The van der Waals surface area contributed by atoms with Crippen molar-refractivity contribution in [2.75, 3.05) is 19.6 Å². The van der Waals surface area contributed by atoms with Gasteiger partial charge < -0.3 is 4.90 Å². The van der Waals surface area contributed by atoms with Gasteiger partial charge in [0, 0.05) is 18.1 Å². The van der Waals surface area contributed by atoms with Crippen molar-refractivity contribution < 1.29 is 4.39 Å². The van der Waals surface area contributed by atoms with Crippen LogP contribution in [0.25, 0.3) is 16.6 Å². The first-order valence-electron chi connectivity index (χ1n) is 10.1. The third kappa shape index (κ3) is 2.44. The summed E-state index contributed by atoms with van der Waals surface area (Å²) in [6, 6.07) is 6.58. The van der Waals surface area contributed by atoms with Gasteiger partial charge in [0.15, 0.2) is 0 Å². The molecule has 2 bridgehead atoms. The molecule has 0 saturated carbocycles. The molecule has 0 N–H and O–H groups in total. The number of rotatable bonds is 2. The monoisotopic (exact) mass is 362 g/mol. The molecule has 138 valence electrons. The van der Waals surface area contributed by atoms with E-state index >= 15 is 0 Å². The number of aromatic nitrogens is 3. The van der Waals surface area contributed by atoms with Crippen LogP contribution in [0.3, 0.4) is 0 Å². The summed E-state index contributed by atoms with van der Waals surface area (Å²) in [6.45, 7) is 3.83. The van der Waals surface area contributed by atoms with E-state index in [-0.39, 0.29) is 5.82 Å². The van der Waals surface area contributed by atoms with Crippen molar-refractivity contribution in [2.24, 2.45) is 17.8 Å². The molecule has 3 aromatic rings. The van der Waals surface area contributed by atoms with E-state index in [0.29, 0.717) is 5.92 Å². The summed E-state index contributed by atoms with van der Waals surface area (Å²) in [7, 11) is 0. The van der Waals surface area contributed by atoms with Gasteiger partial charge in [-0.1, -0.05) is 0 Å². The Morgan fingerprint density at radius 1 is 0.963 bits per heavy atom. The van der Waals surface area contributed by atoms with Crippen molar-refractivity contribution in [1.82, 2.24) is 19.7 Å². The molecule has 0 spiro atoms. The van der Waals surface area contributed by atoms with Gasteiger partial charge in [-0.05, 0) is 86.4 Å². The minimum absolute atomic E-state index is 0.221. The summed E-state index contributed by atoms with van der Waals surface area (Å²) in [5, 5.41) is 6.24. The Labute approximate surface area is 158 Å². The molecule has 0 radical (unpaired) electrons. The third-order valence-corrected chi connectivity index (χ3v) is 7.06. The standard InChI is InChI=1S/C22H23FN4/c23-17-1-3-18(4-2-17)27-21-12-24-11-16-9-15(10-20(25-27)22(16)21)19-13-26-7-5-14(19)6-8-26/h1-4,11-12,14-15,19H,5-10,13H2/t15-,19?/m0/s1. The van der Waals surface area contributed by atoms with Crippen LogP contribution in [0, 0.1) is 23.6 Å². The third-order valence-electron chi connectivity index (χ3n) is 7.06. The second-order valence-electron chi connectivity index (χ2n) is 8.50. The SMILES string of the molecule is Fc1ccc(-n2nc3c4c(cncc42)C[C@H](C2CN4CCC2CC4)C3)cc1. The Bertz CT molecular complexity index is 1000. The quantitative estimate of drug-likeness (QED) is 0.698. The van der Waals surface area contributed by atoms with Gasteiger partial charge in [-0.15, -0.1) is 0 Å². The maximum Gasteiger partial charge on any atom is 0.123 e. The predicted octanol–water partition coefficient (Wildman–Crippen LogP) is 3.62. The average Bonchev–Trinajstić information content (AvgIpc) is 3.09. The van der Waals surface area contributed by atoms with Crippen molar-refractivity contribution in [3.8, 4) is 5.69 Å². The van der Waals surface area contributed by atoms with E-state index in [1.807, 2.05) is 17.1 Å². The largest absolute Gasteiger partial charge is 0.303 e. The van der Waals surface area contributed by atoms with E-state index in [1.165, 1.54) is 61.3 Å². The summed E-state index contributed by atoms with van der Waals surface area (Å²) in [5.74, 6) is 2.11. The number of hydrogen-bond acceptors (Lipinski definition) is 3. The number of benzene rings is 1. The fourth-order valence-electron chi connectivity index (χ4n) is 5.74. The number of halogens is 1. The molecule has 1 aliphatic carbocycles. The molecule has 0 amide bonds. The number of pyridine rings is 1.